The van der Waals surface area contributed by atoms with Gasteiger partial charge in [-0.05, 0) is 37.1 Å². The van der Waals surface area contributed by atoms with Gasteiger partial charge < -0.3 is 10.1 Å². The van der Waals surface area contributed by atoms with Crippen LogP contribution in [0, 0.1) is 13.8 Å². The van der Waals surface area contributed by atoms with E-state index in [0.29, 0.717) is 18.2 Å². The number of carbonyl (C=O) groups is 1. The number of carbonyl (C=O) groups excluding carboxylic acids is 1. The average Bonchev–Trinajstić information content (AvgIpc) is 2.93. The van der Waals surface area contributed by atoms with E-state index in [2.05, 4.69) is 58.8 Å². The van der Waals surface area contributed by atoms with E-state index < -0.39 is 0 Å². The molecule has 4 rings (SSSR count). The van der Waals surface area contributed by atoms with Gasteiger partial charge in [0.05, 0.1) is 11.0 Å². The Morgan fingerprint density at radius 2 is 2.00 bits per heavy atom. The molecule has 0 saturated carbocycles. The van der Waals surface area contributed by atoms with Crippen LogP contribution in [0.4, 0.5) is 5.82 Å². The molecule has 0 aliphatic carbocycles. The summed E-state index contributed by atoms with van der Waals surface area (Å²) >= 11 is 1.60. The summed E-state index contributed by atoms with van der Waals surface area (Å²) in [6.07, 6.45) is 0. The molecule has 138 valence electrons. The molecule has 1 aromatic heterocycles. The first-order valence-corrected chi connectivity index (χ1v) is 9.89. The fraction of sp³-hybridized carbons (Fsp3) is 0.238. The summed E-state index contributed by atoms with van der Waals surface area (Å²) in [6.45, 7) is 4.58. The van der Waals surface area contributed by atoms with E-state index in [1.165, 1.54) is 5.56 Å². The van der Waals surface area contributed by atoms with Gasteiger partial charge in [-0.2, -0.15) is 5.10 Å². The highest BCUT2D eigenvalue weighted by molar-refractivity contribution is 8.00. The van der Waals surface area contributed by atoms with Gasteiger partial charge in [0, 0.05) is 11.3 Å². The van der Waals surface area contributed by atoms with Crippen LogP contribution in [0.3, 0.4) is 0 Å². The second-order valence-corrected chi connectivity index (χ2v) is 7.79. The summed E-state index contributed by atoms with van der Waals surface area (Å²) < 4.78 is 6.00. The monoisotopic (exact) mass is 379 g/mol. The third-order valence-corrected chi connectivity index (χ3v) is 5.85. The molecule has 5 nitrogen and oxygen atoms in total. The SMILES string of the molecule is Cc1ccc(COc2cccc([C@H]3SCC(=O)Nc4n[nH]c(C)c43)c2)cc1. The Morgan fingerprint density at radius 3 is 2.81 bits per heavy atom. The minimum absolute atomic E-state index is 0.0259. The van der Waals surface area contributed by atoms with Crippen LogP contribution in [0.1, 0.15) is 33.2 Å². The Kier molecular flexibility index (Phi) is 4.90. The quantitative estimate of drug-likeness (QED) is 0.706. The zero-order chi connectivity index (χ0) is 18.8. The van der Waals surface area contributed by atoms with Gasteiger partial charge in [0.25, 0.3) is 0 Å². The van der Waals surface area contributed by atoms with E-state index in [1.807, 2.05) is 19.1 Å². The summed E-state index contributed by atoms with van der Waals surface area (Å²) in [5, 5.41) is 10.1. The van der Waals surface area contributed by atoms with Crippen LogP contribution in [0.5, 0.6) is 5.75 Å². The first-order chi connectivity index (χ1) is 13.1. The van der Waals surface area contributed by atoms with Crippen molar-refractivity contribution in [1.29, 1.82) is 0 Å². The summed E-state index contributed by atoms with van der Waals surface area (Å²) in [5.74, 6) is 1.81. The standard InChI is InChI=1S/C21H21N3O2S/c1-13-6-8-15(9-7-13)11-26-17-5-3-4-16(10-17)20-19-14(2)23-24-21(19)22-18(25)12-27-20/h3-10,20H,11-12H2,1-2H3,(H2,22,23,24,25)/t20-/m1/s1. The van der Waals surface area contributed by atoms with E-state index in [1.54, 1.807) is 11.8 Å². The fourth-order valence-electron chi connectivity index (χ4n) is 3.15. The summed E-state index contributed by atoms with van der Waals surface area (Å²) in [7, 11) is 0. The molecule has 2 aromatic carbocycles. The van der Waals surface area contributed by atoms with Crippen molar-refractivity contribution in [2.75, 3.05) is 11.1 Å². The lowest BCUT2D eigenvalue weighted by Gasteiger charge is -2.16. The number of rotatable bonds is 4. The maximum absolute atomic E-state index is 12.0. The summed E-state index contributed by atoms with van der Waals surface area (Å²) in [6, 6.07) is 16.4. The molecule has 3 aromatic rings. The highest BCUT2D eigenvalue weighted by atomic mass is 32.2. The van der Waals surface area contributed by atoms with Gasteiger partial charge in [0.1, 0.15) is 12.4 Å². The van der Waals surface area contributed by atoms with Crippen LogP contribution in [0.15, 0.2) is 48.5 Å². The number of ether oxygens (including phenoxy) is 1. The van der Waals surface area contributed by atoms with Crippen LogP contribution in [0.2, 0.25) is 0 Å². The number of aromatic nitrogens is 2. The number of aryl methyl sites for hydroxylation is 2. The normalized spacial score (nSPS) is 16.4. The van der Waals surface area contributed by atoms with E-state index in [0.717, 1.165) is 28.1 Å². The smallest absolute Gasteiger partial charge is 0.235 e. The molecule has 0 bridgehead atoms. The molecule has 0 unspecified atom stereocenters. The Balaban J connectivity index is 1.57. The van der Waals surface area contributed by atoms with Gasteiger partial charge in [-0.1, -0.05) is 42.0 Å². The number of anilines is 1. The summed E-state index contributed by atoms with van der Waals surface area (Å²) in [5.41, 5.74) is 5.47. The highest BCUT2D eigenvalue weighted by Gasteiger charge is 2.28. The minimum atomic E-state index is -0.0259. The largest absolute Gasteiger partial charge is 0.489 e. The maximum atomic E-state index is 12.0. The topological polar surface area (TPSA) is 67.0 Å². The van der Waals surface area contributed by atoms with Crippen molar-refractivity contribution in [2.45, 2.75) is 25.7 Å². The number of aromatic amines is 1. The Morgan fingerprint density at radius 1 is 1.19 bits per heavy atom. The third-order valence-electron chi connectivity index (χ3n) is 4.58. The van der Waals surface area contributed by atoms with E-state index in [4.69, 9.17) is 4.74 Å². The Bertz CT molecular complexity index is 966. The molecule has 2 N–H and O–H groups in total. The number of amides is 1. The number of nitrogens with one attached hydrogen (secondary N) is 2. The van der Waals surface area contributed by atoms with Gasteiger partial charge in [-0.25, -0.2) is 0 Å². The zero-order valence-electron chi connectivity index (χ0n) is 15.3. The number of H-pyrrole nitrogens is 1. The van der Waals surface area contributed by atoms with Crippen LogP contribution in [-0.4, -0.2) is 21.9 Å². The number of fused-ring (bicyclic) bond motifs is 1. The van der Waals surface area contributed by atoms with Gasteiger partial charge in [0.2, 0.25) is 5.91 Å². The first kappa shape index (κ1) is 17.7. The third kappa shape index (κ3) is 3.85. The lowest BCUT2D eigenvalue weighted by molar-refractivity contribution is -0.113. The van der Waals surface area contributed by atoms with E-state index in [-0.39, 0.29) is 11.2 Å². The molecule has 27 heavy (non-hydrogen) atoms. The molecule has 0 radical (unpaired) electrons. The molecule has 6 heteroatoms. The Hall–Kier alpha value is -2.73. The Labute approximate surface area is 162 Å². The number of nitrogens with zero attached hydrogens (tertiary/aromatic N) is 1. The van der Waals surface area contributed by atoms with Crippen molar-refractivity contribution in [3.05, 3.63) is 76.5 Å². The first-order valence-electron chi connectivity index (χ1n) is 8.85. The lowest BCUT2D eigenvalue weighted by Crippen LogP contribution is -2.12. The molecule has 2 heterocycles. The second kappa shape index (κ2) is 7.48. The second-order valence-electron chi connectivity index (χ2n) is 6.70. The van der Waals surface area contributed by atoms with Gasteiger partial charge >= 0.3 is 0 Å². The van der Waals surface area contributed by atoms with E-state index in [9.17, 15) is 4.79 Å². The summed E-state index contributed by atoms with van der Waals surface area (Å²) in [4.78, 5) is 12.0. The van der Waals surface area contributed by atoms with Crippen molar-refractivity contribution in [2.24, 2.45) is 0 Å². The molecule has 1 aliphatic rings. The zero-order valence-corrected chi connectivity index (χ0v) is 16.1. The average molecular weight is 379 g/mol. The molecule has 0 spiro atoms. The van der Waals surface area contributed by atoms with Crippen molar-refractivity contribution in [1.82, 2.24) is 10.2 Å². The molecule has 0 saturated heterocycles. The molecular weight excluding hydrogens is 358 g/mol. The van der Waals surface area contributed by atoms with E-state index >= 15 is 0 Å². The van der Waals surface area contributed by atoms with Crippen LogP contribution in [0.25, 0.3) is 0 Å². The van der Waals surface area contributed by atoms with Crippen molar-refractivity contribution < 1.29 is 9.53 Å². The molecule has 1 amide bonds. The van der Waals surface area contributed by atoms with Crippen LogP contribution in [-0.2, 0) is 11.4 Å². The van der Waals surface area contributed by atoms with Gasteiger partial charge in [-0.3, -0.25) is 9.89 Å². The predicted molar refractivity (Wildman–Crippen MR) is 108 cm³/mol. The van der Waals surface area contributed by atoms with Crippen LogP contribution >= 0.6 is 11.8 Å². The number of benzene rings is 2. The molecule has 1 aliphatic heterocycles. The van der Waals surface area contributed by atoms with Crippen molar-refractivity contribution >= 4 is 23.5 Å². The lowest BCUT2D eigenvalue weighted by atomic mass is 10.0. The minimum Gasteiger partial charge on any atom is -0.489 e. The molecular formula is C21H21N3O2S. The van der Waals surface area contributed by atoms with Gasteiger partial charge in [0.15, 0.2) is 5.82 Å². The fourth-order valence-corrected chi connectivity index (χ4v) is 4.33. The van der Waals surface area contributed by atoms with Crippen molar-refractivity contribution in [3.63, 3.8) is 0 Å². The molecule has 0 fully saturated rings. The maximum Gasteiger partial charge on any atom is 0.235 e. The number of thioether (sulfide) groups is 1. The highest BCUT2D eigenvalue weighted by Crippen LogP contribution is 2.42. The molecule has 1 atom stereocenters. The van der Waals surface area contributed by atoms with Gasteiger partial charge in [-0.15, -0.1) is 11.8 Å². The van der Waals surface area contributed by atoms with Crippen LogP contribution < -0.4 is 10.1 Å². The predicted octanol–water partition coefficient (Wildman–Crippen LogP) is 4.38. The number of hydrogen-bond donors (Lipinski definition) is 2. The number of hydrogen-bond acceptors (Lipinski definition) is 4. The van der Waals surface area contributed by atoms with Crippen molar-refractivity contribution in [3.8, 4) is 5.75 Å².